The fourth-order valence-corrected chi connectivity index (χ4v) is 3.96. The third-order valence-electron chi connectivity index (χ3n) is 5.34. The van der Waals surface area contributed by atoms with Crippen molar-refractivity contribution in [3.63, 3.8) is 0 Å². The molecule has 2 aliphatic heterocycles. The number of nitrogens with zero attached hydrogens (tertiary/aromatic N) is 2. The number of phenolic OH excluding ortho intramolecular Hbond substituents is 1. The van der Waals surface area contributed by atoms with Gasteiger partial charge in [-0.15, -0.1) is 0 Å². The Bertz CT molecular complexity index is 1130. The number of fused-ring (bicyclic) bond motifs is 2. The monoisotopic (exact) mass is 377 g/mol. The van der Waals surface area contributed by atoms with Crippen molar-refractivity contribution in [2.45, 2.75) is 18.4 Å². The van der Waals surface area contributed by atoms with E-state index in [0.717, 1.165) is 5.56 Å². The first-order valence-corrected chi connectivity index (χ1v) is 8.77. The summed E-state index contributed by atoms with van der Waals surface area (Å²) in [6.45, 7) is 0.273. The molecule has 3 amide bonds. The summed E-state index contributed by atoms with van der Waals surface area (Å²) in [4.78, 5) is 43.4. The van der Waals surface area contributed by atoms with Gasteiger partial charge >= 0.3 is 0 Å². The fourth-order valence-electron chi connectivity index (χ4n) is 3.96. The molecule has 5 rings (SSSR count). The Kier molecular flexibility index (Phi) is 3.33. The Morgan fingerprint density at radius 1 is 1.21 bits per heavy atom. The molecule has 1 saturated heterocycles. The highest BCUT2D eigenvalue weighted by Crippen LogP contribution is 2.38. The lowest BCUT2D eigenvalue weighted by Crippen LogP contribution is -2.46. The van der Waals surface area contributed by atoms with E-state index in [4.69, 9.17) is 4.42 Å². The molecule has 8 heteroatoms. The van der Waals surface area contributed by atoms with Gasteiger partial charge in [-0.25, -0.2) is 0 Å². The summed E-state index contributed by atoms with van der Waals surface area (Å²) in [5.41, 5.74) is 0.910. The lowest BCUT2D eigenvalue weighted by molar-refractivity contribution is -0.126. The van der Waals surface area contributed by atoms with E-state index in [2.05, 4.69) is 10.3 Å². The molecular formula is C20H15N3O5. The number of hydrogen-bond acceptors (Lipinski definition) is 6. The van der Waals surface area contributed by atoms with Crippen LogP contribution >= 0.6 is 0 Å². The molecule has 0 radical (unpaired) electrons. The molecule has 0 bridgehead atoms. The second kappa shape index (κ2) is 5.66. The van der Waals surface area contributed by atoms with Crippen LogP contribution in [0.1, 0.15) is 28.1 Å². The molecule has 0 spiro atoms. The van der Waals surface area contributed by atoms with Crippen LogP contribution in [0.4, 0.5) is 0 Å². The zero-order chi connectivity index (χ0) is 19.5. The first-order valence-electron chi connectivity index (χ1n) is 8.77. The molecule has 0 saturated carbocycles. The summed E-state index contributed by atoms with van der Waals surface area (Å²) in [7, 11) is 0. The maximum absolute atomic E-state index is 12.8. The largest absolute Gasteiger partial charge is 0.508 e. The summed E-state index contributed by atoms with van der Waals surface area (Å²) in [6, 6.07) is 9.70. The predicted octanol–water partition coefficient (Wildman–Crippen LogP) is 1.47. The number of hydrogen-bond donors (Lipinski definition) is 2. The van der Waals surface area contributed by atoms with Gasteiger partial charge in [0.15, 0.2) is 5.58 Å². The van der Waals surface area contributed by atoms with Gasteiger partial charge in [-0.3, -0.25) is 24.7 Å². The van der Waals surface area contributed by atoms with E-state index >= 15 is 0 Å². The molecule has 2 aromatic heterocycles. The minimum atomic E-state index is -1.32. The average molecular weight is 377 g/mol. The summed E-state index contributed by atoms with van der Waals surface area (Å²) in [5, 5.41) is 12.0. The maximum Gasteiger partial charge on any atom is 0.254 e. The van der Waals surface area contributed by atoms with E-state index < -0.39 is 17.2 Å². The normalized spacial score (nSPS) is 21.4. The summed E-state index contributed by atoms with van der Waals surface area (Å²) >= 11 is 0. The second-order valence-corrected chi connectivity index (χ2v) is 7.14. The van der Waals surface area contributed by atoms with E-state index in [9.17, 15) is 19.5 Å². The number of benzene rings is 1. The number of aromatic hydroxyl groups is 1. The minimum Gasteiger partial charge on any atom is -0.508 e. The van der Waals surface area contributed by atoms with Gasteiger partial charge < -0.3 is 14.4 Å². The summed E-state index contributed by atoms with van der Waals surface area (Å²) in [5.74, 6) is -0.910. The number of phenols is 1. The van der Waals surface area contributed by atoms with Gasteiger partial charge in [-0.05, 0) is 29.8 Å². The molecule has 1 atom stereocenters. The number of furan rings is 1. The standard InChI is InChI=1S/C20H15N3O5/c24-12-4-3-11-9-23(18(26)13(11)6-12)10-20(8-17(25)22-19(20)27)16-7-14-15(28-16)2-1-5-21-14/h1-7,24H,8-10H2,(H,22,25,27)/t20-/m1/s1. The van der Waals surface area contributed by atoms with Gasteiger partial charge in [0.25, 0.3) is 5.91 Å². The second-order valence-electron chi connectivity index (χ2n) is 7.14. The summed E-state index contributed by atoms with van der Waals surface area (Å²) in [6.07, 6.45) is 1.50. The highest BCUT2D eigenvalue weighted by atomic mass is 16.3. The number of aromatic nitrogens is 1. The highest BCUT2D eigenvalue weighted by Gasteiger charge is 2.53. The molecule has 4 heterocycles. The molecule has 0 unspecified atom stereocenters. The first kappa shape index (κ1) is 16.5. The number of rotatable bonds is 3. The van der Waals surface area contributed by atoms with Gasteiger partial charge in [0.05, 0.1) is 6.42 Å². The molecule has 1 aromatic carbocycles. The van der Waals surface area contributed by atoms with Crippen molar-refractivity contribution in [3.05, 3.63) is 59.5 Å². The third kappa shape index (κ3) is 2.31. The van der Waals surface area contributed by atoms with E-state index in [1.165, 1.54) is 17.0 Å². The zero-order valence-electron chi connectivity index (χ0n) is 14.6. The number of amides is 3. The van der Waals surface area contributed by atoms with Crippen LogP contribution in [-0.4, -0.2) is 39.3 Å². The molecule has 3 aromatic rings. The van der Waals surface area contributed by atoms with Crippen LogP contribution in [0, 0.1) is 0 Å². The Balaban J connectivity index is 1.56. The van der Waals surface area contributed by atoms with Crippen molar-refractivity contribution in [1.29, 1.82) is 0 Å². The Labute approximate surface area is 158 Å². The van der Waals surface area contributed by atoms with E-state index in [1.807, 2.05) is 0 Å². The third-order valence-corrected chi connectivity index (χ3v) is 5.34. The molecule has 2 N–H and O–H groups in total. The maximum atomic E-state index is 12.8. The fraction of sp³-hybridized carbons (Fsp3) is 0.200. The lowest BCUT2D eigenvalue weighted by atomic mass is 9.82. The summed E-state index contributed by atoms with van der Waals surface area (Å²) < 4.78 is 5.86. The highest BCUT2D eigenvalue weighted by molar-refractivity contribution is 6.09. The molecular weight excluding hydrogens is 362 g/mol. The van der Waals surface area contributed by atoms with E-state index in [0.29, 0.717) is 22.4 Å². The first-order chi connectivity index (χ1) is 13.5. The van der Waals surface area contributed by atoms with Crippen molar-refractivity contribution in [1.82, 2.24) is 15.2 Å². The van der Waals surface area contributed by atoms with Crippen molar-refractivity contribution >= 4 is 28.8 Å². The van der Waals surface area contributed by atoms with Crippen LogP contribution in [-0.2, 0) is 21.5 Å². The predicted molar refractivity (Wildman–Crippen MR) is 96.3 cm³/mol. The SMILES string of the molecule is O=C1C[C@@](CN2Cc3ccc(O)cc3C2=O)(c2cc3ncccc3o2)C(=O)N1. The Morgan fingerprint density at radius 2 is 2.07 bits per heavy atom. The Hall–Kier alpha value is -3.68. The quantitative estimate of drug-likeness (QED) is 0.669. The number of carbonyl (C=O) groups excluding carboxylic acids is 3. The van der Waals surface area contributed by atoms with Gasteiger partial charge in [-0.2, -0.15) is 0 Å². The van der Waals surface area contributed by atoms with E-state index in [1.54, 1.807) is 30.5 Å². The topological polar surface area (TPSA) is 113 Å². The minimum absolute atomic E-state index is 0.000749. The van der Waals surface area contributed by atoms with Crippen LogP contribution < -0.4 is 5.32 Å². The van der Waals surface area contributed by atoms with Crippen LogP contribution in [0.25, 0.3) is 11.1 Å². The number of carbonyl (C=O) groups is 3. The van der Waals surface area contributed by atoms with Gasteiger partial charge in [0.2, 0.25) is 11.8 Å². The van der Waals surface area contributed by atoms with Crippen LogP contribution in [0.3, 0.4) is 0 Å². The van der Waals surface area contributed by atoms with Crippen molar-refractivity contribution < 1.29 is 23.9 Å². The zero-order valence-corrected chi connectivity index (χ0v) is 14.6. The molecule has 0 aliphatic carbocycles. The van der Waals surface area contributed by atoms with Gasteiger partial charge in [-0.1, -0.05) is 6.07 Å². The number of imide groups is 1. The molecule has 28 heavy (non-hydrogen) atoms. The van der Waals surface area contributed by atoms with Gasteiger partial charge in [0.1, 0.15) is 22.4 Å². The van der Waals surface area contributed by atoms with Crippen molar-refractivity contribution in [2.24, 2.45) is 0 Å². The average Bonchev–Trinajstić information content (AvgIpc) is 3.31. The molecule has 140 valence electrons. The van der Waals surface area contributed by atoms with Crippen molar-refractivity contribution in [3.8, 4) is 5.75 Å². The molecule has 8 nitrogen and oxygen atoms in total. The number of nitrogens with one attached hydrogen (secondary N) is 1. The van der Waals surface area contributed by atoms with Gasteiger partial charge in [0, 0.05) is 30.9 Å². The van der Waals surface area contributed by atoms with Crippen LogP contribution in [0.5, 0.6) is 5.75 Å². The van der Waals surface area contributed by atoms with Crippen molar-refractivity contribution in [2.75, 3.05) is 6.54 Å². The Morgan fingerprint density at radius 3 is 2.82 bits per heavy atom. The number of pyridine rings is 1. The van der Waals surface area contributed by atoms with Crippen LogP contribution in [0.2, 0.25) is 0 Å². The van der Waals surface area contributed by atoms with Crippen LogP contribution in [0.15, 0.2) is 47.0 Å². The smallest absolute Gasteiger partial charge is 0.254 e. The molecule has 2 aliphatic rings. The molecule has 1 fully saturated rings. The van der Waals surface area contributed by atoms with E-state index in [-0.39, 0.29) is 31.2 Å². The lowest BCUT2D eigenvalue weighted by Gasteiger charge is -2.28.